The van der Waals surface area contributed by atoms with Crippen LogP contribution in [0.4, 0.5) is 0 Å². The van der Waals surface area contributed by atoms with E-state index >= 15 is 0 Å². The lowest BCUT2D eigenvalue weighted by Crippen LogP contribution is -2.12. The van der Waals surface area contributed by atoms with Gasteiger partial charge in [-0.25, -0.2) is 0 Å². The van der Waals surface area contributed by atoms with E-state index in [0.717, 1.165) is 4.24 Å². The summed E-state index contributed by atoms with van der Waals surface area (Å²) < 4.78 is 0.861. The van der Waals surface area contributed by atoms with Crippen molar-refractivity contribution >= 4 is 29.3 Å². The van der Waals surface area contributed by atoms with E-state index in [9.17, 15) is 10.0 Å². The van der Waals surface area contributed by atoms with E-state index in [1.807, 2.05) is 12.5 Å². The second-order valence-electron chi connectivity index (χ2n) is 2.56. The van der Waals surface area contributed by atoms with Crippen LogP contribution in [0.2, 0.25) is 0 Å². The smallest absolute Gasteiger partial charge is 0.229 e. The van der Waals surface area contributed by atoms with E-state index in [1.54, 1.807) is 6.92 Å². The number of rotatable bonds is 5. The number of azo groups is 1. The standard InChI is InChI=1S/C8H14N2O2S2/c1-6(7(2)11)9-10(12)5-8(13-3)14-4/h5-6H,1-4H3/t6-/m0/s1. The zero-order valence-corrected chi connectivity index (χ0v) is 10.3. The Bertz CT molecular complexity index is 258. The van der Waals surface area contributed by atoms with Gasteiger partial charge in [-0.2, -0.15) is 0 Å². The van der Waals surface area contributed by atoms with Gasteiger partial charge in [-0.15, -0.1) is 23.5 Å². The maximum Gasteiger partial charge on any atom is 0.229 e. The zero-order valence-electron chi connectivity index (χ0n) is 8.68. The Balaban J connectivity index is 4.52. The summed E-state index contributed by atoms with van der Waals surface area (Å²) in [6, 6.07) is -0.575. The van der Waals surface area contributed by atoms with Crippen molar-refractivity contribution in [2.24, 2.45) is 5.11 Å². The summed E-state index contributed by atoms with van der Waals surface area (Å²) in [5, 5.41) is 14.8. The number of ketones is 1. The van der Waals surface area contributed by atoms with Crippen LogP contribution in [0.3, 0.4) is 0 Å². The van der Waals surface area contributed by atoms with Crippen LogP contribution in [-0.4, -0.2) is 29.2 Å². The molecule has 0 rings (SSSR count). The van der Waals surface area contributed by atoms with Gasteiger partial charge in [0.2, 0.25) is 6.20 Å². The molecular weight excluding hydrogens is 220 g/mol. The number of carbonyl (C=O) groups excluding carboxylic acids is 1. The van der Waals surface area contributed by atoms with E-state index in [0.29, 0.717) is 4.86 Å². The first kappa shape index (κ1) is 13.5. The van der Waals surface area contributed by atoms with Gasteiger partial charge in [0, 0.05) is 0 Å². The Morgan fingerprint density at radius 2 is 2.00 bits per heavy atom. The fourth-order valence-electron chi connectivity index (χ4n) is 0.564. The number of hydroxylamine groups is 1. The molecule has 4 nitrogen and oxygen atoms in total. The molecule has 0 heterocycles. The molecule has 0 aromatic heterocycles. The molecule has 0 aromatic rings. The minimum absolute atomic E-state index is 0.117. The fraction of sp³-hybridized carbons (Fsp3) is 0.625. The van der Waals surface area contributed by atoms with Gasteiger partial charge in [0.25, 0.3) is 0 Å². The monoisotopic (exact) mass is 234 g/mol. The highest BCUT2D eigenvalue weighted by atomic mass is 32.2. The highest BCUT2D eigenvalue weighted by molar-refractivity contribution is 8.21. The minimum Gasteiger partial charge on any atom is -0.595 e. The Hall–Kier alpha value is -0.490. The third-order valence-electron chi connectivity index (χ3n) is 1.49. The van der Waals surface area contributed by atoms with Crippen molar-refractivity contribution in [2.75, 3.05) is 12.5 Å². The number of carbonyl (C=O) groups is 1. The maximum absolute atomic E-state index is 11.2. The third kappa shape index (κ3) is 5.29. The first-order valence-corrected chi connectivity index (χ1v) is 6.43. The molecular formula is C8H14N2O2S2. The lowest BCUT2D eigenvalue weighted by molar-refractivity contribution is -0.460. The molecule has 0 fully saturated rings. The second-order valence-corrected chi connectivity index (χ2v) is 4.52. The van der Waals surface area contributed by atoms with Gasteiger partial charge < -0.3 is 5.21 Å². The molecule has 0 aliphatic carbocycles. The van der Waals surface area contributed by atoms with Gasteiger partial charge in [-0.3, -0.25) is 4.79 Å². The molecule has 14 heavy (non-hydrogen) atoms. The van der Waals surface area contributed by atoms with Gasteiger partial charge in [0.05, 0.1) is 0 Å². The summed E-state index contributed by atoms with van der Waals surface area (Å²) in [6.07, 6.45) is 5.13. The number of hydrogen-bond donors (Lipinski definition) is 0. The van der Waals surface area contributed by atoms with Crippen LogP contribution in [0, 0.1) is 5.21 Å². The van der Waals surface area contributed by atoms with Crippen LogP contribution in [0.1, 0.15) is 13.8 Å². The average Bonchev–Trinajstić information content (AvgIpc) is 2.13. The topological polar surface area (TPSA) is 55.5 Å². The summed E-state index contributed by atoms with van der Waals surface area (Å²) in [4.78, 5) is 11.3. The normalized spacial score (nSPS) is 13.6. The van der Waals surface area contributed by atoms with Crippen LogP contribution in [0.25, 0.3) is 0 Å². The number of hydrogen-bond acceptors (Lipinski definition) is 5. The predicted octanol–water partition coefficient (Wildman–Crippen LogP) is 2.45. The molecule has 0 bridgehead atoms. The quantitative estimate of drug-likeness (QED) is 0.416. The SMILES string of the molecule is CSC(=C[N+]([O-])=N[C@@H](C)C(C)=O)SC. The summed E-state index contributed by atoms with van der Waals surface area (Å²) in [7, 11) is 0. The number of Topliss-reactive ketones (excluding diaryl/α,β-unsaturated/α-hetero) is 1. The van der Waals surface area contributed by atoms with Gasteiger partial charge in [0.1, 0.15) is 4.24 Å². The molecule has 0 N–H and O–H groups in total. The summed E-state index contributed by atoms with van der Waals surface area (Å²) in [5.74, 6) is -0.117. The first-order chi connectivity index (χ1) is 6.51. The summed E-state index contributed by atoms with van der Waals surface area (Å²) >= 11 is 2.94. The highest BCUT2D eigenvalue weighted by Gasteiger charge is 2.09. The van der Waals surface area contributed by atoms with Gasteiger partial charge >= 0.3 is 0 Å². The molecule has 0 radical (unpaired) electrons. The minimum atomic E-state index is -0.575. The van der Waals surface area contributed by atoms with Crippen LogP contribution in [0.5, 0.6) is 0 Å². The Labute approximate surface area is 92.4 Å². The number of thioether (sulfide) groups is 2. The zero-order chi connectivity index (χ0) is 11.1. The van der Waals surface area contributed by atoms with Crippen molar-refractivity contribution < 1.29 is 9.66 Å². The Kier molecular flexibility index (Phi) is 6.65. The van der Waals surface area contributed by atoms with Gasteiger partial charge in [-0.1, -0.05) is 4.86 Å². The van der Waals surface area contributed by atoms with Crippen molar-refractivity contribution in [1.29, 1.82) is 0 Å². The molecule has 6 heteroatoms. The third-order valence-corrected chi connectivity index (χ3v) is 3.51. The van der Waals surface area contributed by atoms with Crippen LogP contribution in [-0.2, 0) is 4.79 Å². The molecule has 0 saturated heterocycles. The van der Waals surface area contributed by atoms with E-state index < -0.39 is 6.04 Å². The van der Waals surface area contributed by atoms with E-state index in [1.165, 1.54) is 36.6 Å². The highest BCUT2D eigenvalue weighted by Crippen LogP contribution is 2.22. The Morgan fingerprint density at radius 3 is 2.36 bits per heavy atom. The van der Waals surface area contributed by atoms with Crippen LogP contribution in [0.15, 0.2) is 15.6 Å². The Morgan fingerprint density at radius 1 is 1.50 bits per heavy atom. The van der Waals surface area contributed by atoms with Crippen molar-refractivity contribution in [3.63, 3.8) is 0 Å². The predicted molar refractivity (Wildman–Crippen MR) is 61.3 cm³/mol. The van der Waals surface area contributed by atoms with Crippen molar-refractivity contribution in [3.05, 3.63) is 15.6 Å². The van der Waals surface area contributed by atoms with Crippen LogP contribution < -0.4 is 0 Å². The molecule has 0 aliphatic heterocycles. The number of nitrogens with zero attached hydrogens (tertiary/aromatic N) is 2. The fourth-order valence-corrected chi connectivity index (χ4v) is 1.62. The van der Waals surface area contributed by atoms with Crippen LogP contribution >= 0.6 is 23.5 Å². The molecule has 80 valence electrons. The molecule has 0 spiro atoms. The second kappa shape index (κ2) is 6.89. The largest absolute Gasteiger partial charge is 0.595 e. The molecule has 0 unspecified atom stereocenters. The van der Waals surface area contributed by atoms with Crippen molar-refractivity contribution in [1.82, 2.24) is 0 Å². The van der Waals surface area contributed by atoms with Gasteiger partial charge in [-0.05, 0) is 31.5 Å². The maximum atomic E-state index is 11.2. The van der Waals surface area contributed by atoms with Crippen molar-refractivity contribution in [3.8, 4) is 0 Å². The summed E-state index contributed by atoms with van der Waals surface area (Å²) in [5.41, 5.74) is 0. The van der Waals surface area contributed by atoms with E-state index in [4.69, 9.17) is 0 Å². The molecule has 1 atom stereocenters. The van der Waals surface area contributed by atoms with E-state index in [-0.39, 0.29) is 5.78 Å². The summed E-state index contributed by atoms with van der Waals surface area (Å²) in [6.45, 7) is 3.01. The van der Waals surface area contributed by atoms with E-state index in [2.05, 4.69) is 5.11 Å². The van der Waals surface area contributed by atoms with Gasteiger partial charge in [0.15, 0.2) is 11.8 Å². The molecule has 0 aromatic carbocycles. The lowest BCUT2D eigenvalue weighted by Gasteiger charge is -2.00. The van der Waals surface area contributed by atoms with Crippen molar-refractivity contribution in [2.45, 2.75) is 19.9 Å². The average molecular weight is 234 g/mol. The molecule has 0 aliphatic rings. The molecule has 0 amide bonds. The lowest BCUT2D eigenvalue weighted by atomic mass is 10.3. The molecule has 0 saturated carbocycles. The first-order valence-electron chi connectivity index (χ1n) is 3.98.